The van der Waals surface area contributed by atoms with Gasteiger partial charge in [0.1, 0.15) is 0 Å². The van der Waals surface area contributed by atoms with Gasteiger partial charge in [0.25, 0.3) is 5.91 Å². The highest BCUT2D eigenvalue weighted by Crippen LogP contribution is 2.16. The molecule has 0 spiro atoms. The van der Waals surface area contributed by atoms with E-state index >= 15 is 0 Å². The second kappa shape index (κ2) is 7.11. The standard InChI is InChI=1S/C18H20ClN5O/c1-13(2)23(11-14-8-20-22(3)10-14)18(25)15-9-21-24(12-15)17-6-4-16(19)5-7-17/h4-10,12-13H,11H2,1-3H3. The minimum absolute atomic E-state index is 0.0564. The number of nitrogens with zero attached hydrogens (tertiary/aromatic N) is 5. The quantitative estimate of drug-likeness (QED) is 0.704. The second-order valence-corrected chi connectivity index (χ2v) is 6.64. The van der Waals surface area contributed by atoms with Crippen LogP contribution in [-0.2, 0) is 13.6 Å². The molecule has 0 saturated heterocycles. The normalized spacial score (nSPS) is 11.1. The largest absolute Gasteiger partial charge is 0.332 e. The number of benzene rings is 1. The Balaban J connectivity index is 1.81. The molecule has 0 fully saturated rings. The summed E-state index contributed by atoms with van der Waals surface area (Å²) in [5.74, 6) is -0.0564. The van der Waals surface area contributed by atoms with Crippen LogP contribution in [0.15, 0.2) is 49.1 Å². The van der Waals surface area contributed by atoms with Crippen molar-refractivity contribution in [3.63, 3.8) is 0 Å². The van der Waals surface area contributed by atoms with Gasteiger partial charge in [-0.3, -0.25) is 9.48 Å². The maximum Gasteiger partial charge on any atom is 0.257 e. The zero-order valence-electron chi connectivity index (χ0n) is 14.4. The molecule has 0 aliphatic carbocycles. The minimum Gasteiger partial charge on any atom is -0.332 e. The molecule has 2 aromatic heterocycles. The van der Waals surface area contributed by atoms with Crippen molar-refractivity contribution >= 4 is 17.5 Å². The lowest BCUT2D eigenvalue weighted by molar-refractivity contribution is 0.0690. The first-order valence-electron chi connectivity index (χ1n) is 8.03. The summed E-state index contributed by atoms with van der Waals surface area (Å²) in [4.78, 5) is 14.7. The van der Waals surface area contributed by atoms with E-state index in [-0.39, 0.29) is 11.9 Å². The number of amides is 1. The number of carbonyl (C=O) groups excluding carboxylic acids is 1. The topological polar surface area (TPSA) is 56.0 Å². The highest BCUT2D eigenvalue weighted by molar-refractivity contribution is 6.30. The minimum atomic E-state index is -0.0564. The molecular weight excluding hydrogens is 338 g/mol. The van der Waals surface area contributed by atoms with Gasteiger partial charge in [0, 0.05) is 42.6 Å². The SMILES string of the molecule is CC(C)N(Cc1cnn(C)c1)C(=O)c1cnn(-c2ccc(Cl)cc2)c1. The summed E-state index contributed by atoms with van der Waals surface area (Å²) < 4.78 is 3.41. The van der Waals surface area contributed by atoms with E-state index in [0.717, 1.165) is 11.3 Å². The summed E-state index contributed by atoms with van der Waals surface area (Å²) in [5.41, 5.74) is 2.40. The van der Waals surface area contributed by atoms with Crippen molar-refractivity contribution in [1.82, 2.24) is 24.5 Å². The fraction of sp³-hybridized carbons (Fsp3) is 0.278. The first-order valence-corrected chi connectivity index (χ1v) is 8.41. The fourth-order valence-electron chi connectivity index (χ4n) is 2.57. The van der Waals surface area contributed by atoms with Crippen LogP contribution in [0.25, 0.3) is 5.69 Å². The van der Waals surface area contributed by atoms with Gasteiger partial charge in [-0.05, 0) is 38.1 Å². The number of hydrogen-bond acceptors (Lipinski definition) is 3. The molecule has 3 aromatic rings. The summed E-state index contributed by atoms with van der Waals surface area (Å²) in [5, 5.41) is 9.12. The lowest BCUT2D eigenvalue weighted by Crippen LogP contribution is -2.36. The molecule has 130 valence electrons. The number of hydrogen-bond donors (Lipinski definition) is 0. The van der Waals surface area contributed by atoms with Crippen molar-refractivity contribution in [1.29, 1.82) is 0 Å². The summed E-state index contributed by atoms with van der Waals surface area (Å²) in [7, 11) is 1.86. The summed E-state index contributed by atoms with van der Waals surface area (Å²) >= 11 is 5.91. The van der Waals surface area contributed by atoms with Crippen molar-refractivity contribution in [2.24, 2.45) is 7.05 Å². The van der Waals surface area contributed by atoms with E-state index in [2.05, 4.69) is 10.2 Å². The van der Waals surface area contributed by atoms with Crippen LogP contribution in [0.1, 0.15) is 29.8 Å². The van der Waals surface area contributed by atoms with Crippen molar-refractivity contribution in [2.75, 3.05) is 0 Å². The van der Waals surface area contributed by atoms with Crippen LogP contribution in [0.5, 0.6) is 0 Å². The van der Waals surface area contributed by atoms with Gasteiger partial charge in [0.15, 0.2) is 0 Å². The molecule has 25 heavy (non-hydrogen) atoms. The summed E-state index contributed by atoms with van der Waals surface area (Å²) in [6, 6.07) is 7.37. The second-order valence-electron chi connectivity index (χ2n) is 6.20. The Labute approximate surface area is 151 Å². The van der Waals surface area contributed by atoms with Crippen molar-refractivity contribution in [3.05, 3.63) is 65.2 Å². The van der Waals surface area contributed by atoms with Crippen molar-refractivity contribution < 1.29 is 4.79 Å². The molecular formula is C18H20ClN5O. The number of carbonyl (C=O) groups is 1. The molecule has 0 radical (unpaired) electrons. The van der Waals surface area contributed by atoms with Crippen LogP contribution >= 0.6 is 11.6 Å². The number of aromatic nitrogens is 4. The van der Waals surface area contributed by atoms with Crippen molar-refractivity contribution in [3.8, 4) is 5.69 Å². The highest BCUT2D eigenvalue weighted by Gasteiger charge is 2.21. The van der Waals surface area contributed by atoms with E-state index in [9.17, 15) is 4.79 Å². The van der Waals surface area contributed by atoms with Crippen molar-refractivity contribution in [2.45, 2.75) is 26.4 Å². The zero-order valence-corrected chi connectivity index (χ0v) is 15.2. The van der Waals surface area contributed by atoms with E-state index in [1.165, 1.54) is 0 Å². The monoisotopic (exact) mass is 357 g/mol. The Hall–Kier alpha value is -2.60. The predicted octanol–water partition coefficient (Wildman–Crippen LogP) is 3.31. The van der Waals surface area contributed by atoms with Gasteiger partial charge < -0.3 is 4.90 Å². The first kappa shape index (κ1) is 17.2. The van der Waals surface area contributed by atoms with E-state index in [1.54, 1.807) is 45.0 Å². The molecule has 0 aliphatic heterocycles. The van der Waals surface area contributed by atoms with Crippen LogP contribution in [0.3, 0.4) is 0 Å². The Morgan fingerprint density at radius 1 is 1.16 bits per heavy atom. The van der Waals surface area contributed by atoms with Crippen LogP contribution < -0.4 is 0 Å². The predicted molar refractivity (Wildman–Crippen MR) is 96.8 cm³/mol. The molecule has 0 bridgehead atoms. The molecule has 1 aromatic carbocycles. The third kappa shape index (κ3) is 3.91. The Bertz CT molecular complexity index is 866. The van der Waals surface area contributed by atoms with Crippen LogP contribution in [0, 0.1) is 0 Å². The Morgan fingerprint density at radius 2 is 1.88 bits per heavy atom. The zero-order chi connectivity index (χ0) is 18.0. The third-order valence-corrected chi connectivity index (χ3v) is 4.17. The van der Waals surface area contributed by atoms with Gasteiger partial charge >= 0.3 is 0 Å². The average molecular weight is 358 g/mol. The van der Waals surface area contributed by atoms with Gasteiger partial charge in [-0.2, -0.15) is 10.2 Å². The smallest absolute Gasteiger partial charge is 0.257 e. The van der Waals surface area contributed by atoms with Gasteiger partial charge in [-0.1, -0.05) is 11.6 Å². The molecule has 0 aliphatic rings. The number of aryl methyl sites for hydroxylation is 1. The molecule has 1 amide bonds. The highest BCUT2D eigenvalue weighted by atomic mass is 35.5. The number of rotatable bonds is 5. The molecule has 0 unspecified atom stereocenters. The molecule has 0 saturated carbocycles. The lowest BCUT2D eigenvalue weighted by Gasteiger charge is -2.25. The van der Waals surface area contributed by atoms with E-state index in [0.29, 0.717) is 17.1 Å². The Morgan fingerprint density at radius 3 is 2.48 bits per heavy atom. The maximum atomic E-state index is 12.9. The van der Waals surface area contributed by atoms with Gasteiger partial charge in [-0.15, -0.1) is 0 Å². The number of halogens is 1. The average Bonchev–Trinajstić information content (AvgIpc) is 3.22. The van der Waals surface area contributed by atoms with Gasteiger partial charge in [0.2, 0.25) is 0 Å². The lowest BCUT2D eigenvalue weighted by atomic mass is 10.2. The van der Waals surface area contributed by atoms with E-state index in [1.807, 2.05) is 39.2 Å². The van der Waals surface area contributed by atoms with Crippen LogP contribution in [0.4, 0.5) is 0 Å². The van der Waals surface area contributed by atoms with Crippen LogP contribution in [0.2, 0.25) is 5.02 Å². The van der Waals surface area contributed by atoms with Gasteiger partial charge in [0.05, 0.1) is 23.6 Å². The van der Waals surface area contributed by atoms with E-state index < -0.39 is 0 Å². The van der Waals surface area contributed by atoms with Crippen LogP contribution in [-0.4, -0.2) is 36.4 Å². The third-order valence-electron chi connectivity index (χ3n) is 3.92. The molecule has 7 heteroatoms. The summed E-state index contributed by atoms with van der Waals surface area (Å²) in [6.45, 7) is 4.51. The molecule has 2 heterocycles. The maximum absolute atomic E-state index is 12.9. The first-order chi connectivity index (χ1) is 11.9. The molecule has 3 rings (SSSR count). The fourth-order valence-corrected chi connectivity index (χ4v) is 2.70. The Kier molecular flexibility index (Phi) is 4.90. The molecule has 0 atom stereocenters. The van der Waals surface area contributed by atoms with E-state index in [4.69, 9.17) is 11.6 Å². The molecule has 0 N–H and O–H groups in total. The molecule has 6 nitrogen and oxygen atoms in total. The summed E-state index contributed by atoms with van der Waals surface area (Å²) in [6.07, 6.45) is 7.03. The van der Waals surface area contributed by atoms with Gasteiger partial charge in [-0.25, -0.2) is 4.68 Å².